The average molecular weight is 440 g/mol. The zero-order valence-corrected chi connectivity index (χ0v) is 19.0. The third kappa shape index (κ3) is 4.94. The smallest absolute Gasteiger partial charge is 0.131 e. The first kappa shape index (κ1) is 21.7. The summed E-state index contributed by atoms with van der Waals surface area (Å²) in [4.78, 5) is 0. The van der Waals surface area contributed by atoms with Crippen molar-refractivity contribution in [2.24, 2.45) is 0 Å². The molecule has 1 saturated carbocycles. The van der Waals surface area contributed by atoms with Crippen LogP contribution in [0.2, 0.25) is 0 Å². The van der Waals surface area contributed by atoms with Crippen LogP contribution < -0.4 is 10.1 Å². The minimum atomic E-state index is -0.154. The Hall–Kier alpha value is -3.17. The van der Waals surface area contributed by atoms with E-state index in [9.17, 15) is 4.39 Å². The topological polar surface area (TPSA) is 21.3 Å². The molecule has 4 aromatic carbocycles. The zero-order valence-electron chi connectivity index (χ0n) is 19.0. The van der Waals surface area contributed by atoms with Gasteiger partial charge in [0.25, 0.3) is 0 Å². The van der Waals surface area contributed by atoms with Gasteiger partial charge in [-0.3, -0.25) is 0 Å². The fourth-order valence-electron chi connectivity index (χ4n) is 5.12. The molecule has 168 valence electrons. The van der Waals surface area contributed by atoms with Crippen molar-refractivity contribution in [3.8, 4) is 5.75 Å². The molecular weight excluding hydrogens is 409 g/mol. The van der Waals surface area contributed by atoms with Crippen molar-refractivity contribution in [1.29, 1.82) is 0 Å². The summed E-state index contributed by atoms with van der Waals surface area (Å²) in [7, 11) is 0. The molecule has 2 nitrogen and oxygen atoms in total. The molecule has 3 atom stereocenters. The van der Waals surface area contributed by atoms with Crippen LogP contribution >= 0.6 is 0 Å². The number of hydrogen-bond acceptors (Lipinski definition) is 2. The summed E-state index contributed by atoms with van der Waals surface area (Å²) in [5.74, 6) is 1.31. The van der Waals surface area contributed by atoms with E-state index in [1.165, 1.54) is 17.5 Å². The summed E-state index contributed by atoms with van der Waals surface area (Å²) >= 11 is 0. The summed E-state index contributed by atoms with van der Waals surface area (Å²) < 4.78 is 20.1. The summed E-state index contributed by atoms with van der Waals surface area (Å²) in [6.45, 7) is 2.78. The van der Waals surface area contributed by atoms with Crippen LogP contribution in [0.15, 0.2) is 91.0 Å². The minimum Gasteiger partial charge on any atom is -0.489 e. The summed E-state index contributed by atoms with van der Waals surface area (Å²) in [5, 5.41) is 5.50. The number of hydrogen-bond donors (Lipinski definition) is 1. The molecule has 0 spiro atoms. The van der Waals surface area contributed by atoms with Crippen LogP contribution in [-0.2, 0) is 6.61 Å². The molecule has 0 radical (unpaired) electrons. The first-order valence-corrected chi connectivity index (χ1v) is 11.9. The van der Waals surface area contributed by atoms with E-state index < -0.39 is 0 Å². The van der Waals surface area contributed by atoms with E-state index in [1.807, 2.05) is 48.5 Å². The number of ether oxygens (including phenoxy) is 1. The van der Waals surface area contributed by atoms with Gasteiger partial charge in [-0.1, -0.05) is 72.8 Å². The van der Waals surface area contributed by atoms with Crippen molar-refractivity contribution in [2.75, 3.05) is 0 Å². The molecule has 0 amide bonds. The normalized spacial score (nSPS) is 19.0. The Morgan fingerprint density at radius 1 is 0.848 bits per heavy atom. The van der Waals surface area contributed by atoms with Gasteiger partial charge in [-0.05, 0) is 72.4 Å². The maximum Gasteiger partial charge on any atom is 0.131 e. The van der Waals surface area contributed by atoms with Gasteiger partial charge in [-0.15, -0.1) is 0 Å². The summed E-state index contributed by atoms with van der Waals surface area (Å²) in [6, 6.07) is 30.8. The van der Waals surface area contributed by atoms with Gasteiger partial charge in [-0.2, -0.15) is 0 Å². The van der Waals surface area contributed by atoms with Crippen molar-refractivity contribution in [3.05, 3.63) is 114 Å². The minimum absolute atomic E-state index is 0.154. The first-order valence-electron chi connectivity index (χ1n) is 11.9. The van der Waals surface area contributed by atoms with Crippen LogP contribution in [0.4, 0.5) is 4.39 Å². The molecular formula is C30H30FNO. The number of halogens is 1. The summed E-state index contributed by atoms with van der Waals surface area (Å²) in [5.41, 5.74) is 3.72. The molecule has 0 aliphatic heterocycles. The Labute approximate surface area is 195 Å². The van der Waals surface area contributed by atoms with E-state index in [2.05, 4.69) is 48.6 Å². The highest BCUT2D eigenvalue weighted by atomic mass is 19.1. The quantitative estimate of drug-likeness (QED) is 0.321. The van der Waals surface area contributed by atoms with Crippen LogP contribution in [0.1, 0.15) is 54.8 Å². The highest BCUT2D eigenvalue weighted by Crippen LogP contribution is 2.37. The van der Waals surface area contributed by atoms with Crippen LogP contribution in [0.5, 0.6) is 5.75 Å². The molecule has 0 aromatic heterocycles. The number of fused-ring (bicyclic) bond motifs is 1. The lowest BCUT2D eigenvalue weighted by Gasteiger charge is -2.22. The van der Waals surface area contributed by atoms with Crippen molar-refractivity contribution in [1.82, 2.24) is 5.32 Å². The number of rotatable bonds is 7. The van der Waals surface area contributed by atoms with E-state index in [0.717, 1.165) is 29.5 Å². The largest absolute Gasteiger partial charge is 0.489 e. The zero-order chi connectivity index (χ0) is 22.6. The SMILES string of the molecule is C[C@@H](N[C@H]1CC[C@@H](c2ccc(OCc3ccccc3)cc2)C1)c1ccc(F)c2ccccc12. The molecule has 0 unspecified atom stereocenters. The van der Waals surface area contributed by atoms with Gasteiger partial charge in [0.2, 0.25) is 0 Å². The number of benzene rings is 4. The van der Waals surface area contributed by atoms with Crippen molar-refractivity contribution in [2.45, 2.75) is 50.8 Å². The molecule has 5 rings (SSSR count). The molecule has 0 heterocycles. The van der Waals surface area contributed by atoms with E-state index in [0.29, 0.717) is 24.0 Å². The fraction of sp³-hybridized carbons (Fsp3) is 0.267. The molecule has 0 saturated heterocycles. The van der Waals surface area contributed by atoms with Crippen LogP contribution in [-0.4, -0.2) is 6.04 Å². The van der Waals surface area contributed by atoms with Gasteiger partial charge in [0, 0.05) is 17.5 Å². The Morgan fingerprint density at radius 2 is 1.58 bits per heavy atom. The highest BCUT2D eigenvalue weighted by Gasteiger charge is 2.27. The van der Waals surface area contributed by atoms with E-state index in [-0.39, 0.29) is 11.9 Å². The molecule has 33 heavy (non-hydrogen) atoms. The van der Waals surface area contributed by atoms with Gasteiger partial charge in [0.05, 0.1) is 0 Å². The highest BCUT2D eigenvalue weighted by molar-refractivity contribution is 5.86. The van der Waals surface area contributed by atoms with E-state index in [1.54, 1.807) is 6.07 Å². The molecule has 1 aliphatic carbocycles. The fourth-order valence-corrected chi connectivity index (χ4v) is 5.12. The molecule has 0 bridgehead atoms. The second-order valence-corrected chi connectivity index (χ2v) is 9.12. The van der Waals surface area contributed by atoms with Crippen molar-refractivity contribution in [3.63, 3.8) is 0 Å². The first-order chi connectivity index (χ1) is 16.2. The van der Waals surface area contributed by atoms with Gasteiger partial charge in [-0.25, -0.2) is 4.39 Å². The van der Waals surface area contributed by atoms with Gasteiger partial charge in [0.1, 0.15) is 18.2 Å². The molecule has 1 fully saturated rings. The van der Waals surface area contributed by atoms with Crippen LogP contribution in [0.3, 0.4) is 0 Å². The van der Waals surface area contributed by atoms with E-state index >= 15 is 0 Å². The van der Waals surface area contributed by atoms with Gasteiger partial charge in [0.15, 0.2) is 0 Å². The Morgan fingerprint density at radius 3 is 2.36 bits per heavy atom. The van der Waals surface area contributed by atoms with Crippen LogP contribution in [0, 0.1) is 5.82 Å². The van der Waals surface area contributed by atoms with Crippen LogP contribution in [0.25, 0.3) is 10.8 Å². The molecule has 1 aliphatic rings. The maximum absolute atomic E-state index is 14.2. The average Bonchev–Trinajstić information content (AvgIpc) is 3.32. The molecule has 1 N–H and O–H groups in total. The van der Waals surface area contributed by atoms with Gasteiger partial charge >= 0.3 is 0 Å². The predicted molar refractivity (Wildman–Crippen MR) is 133 cm³/mol. The lowest BCUT2D eigenvalue weighted by atomic mass is 9.96. The molecule has 4 aromatic rings. The Balaban J connectivity index is 1.19. The standard InChI is InChI=1S/C30H30FNO/c1-21(27-17-18-30(31)29-10-6-5-9-28(27)29)32-25-14-11-24(19-25)23-12-15-26(16-13-23)33-20-22-7-3-2-4-8-22/h2-10,12-13,15-18,21,24-25,32H,11,14,19-20H2,1H3/t21-,24-,25+/m1/s1. The third-order valence-electron chi connectivity index (χ3n) is 6.89. The molecule has 3 heteroatoms. The number of nitrogens with one attached hydrogen (secondary N) is 1. The second kappa shape index (κ2) is 9.76. The lowest BCUT2D eigenvalue weighted by molar-refractivity contribution is 0.306. The summed E-state index contributed by atoms with van der Waals surface area (Å²) in [6.07, 6.45) is 3.45. The Kier molecular flexibility index (Phi) is 6.41. The van der Waals surface area contributed by atoms with Crippen molar-refractivity contribution < 1.29 is 9.13 Å². The lowest BCUT2D eigenvalue weighted by Crippen LogP contribution is -2.29. The predicted octanol–water partition coefficient (Wildman–Crippen LogP) is 7.54. The second-order valence-electron chi connectivity index (χ2n) is 9.12. The Bertz CT molecular complexity index is 1210. The monoisotopic (exact) mass is 439 g/mol. The third-order valence-corrected chi connectivity index (χ3v) is 6.89. The van der Waals surface area contributed by atoms with Crippen molar-refractivity contribution >= 4 is 10.8 Å². The van der Waals surface area contributed by atoms with E-state index in [4.69, 9.17) is 4.74 Å². The maximum atomic E-state index is 14.2. The van der Waals surface area contributed by atoms with Gasteiger partial charge < -0.3 is 10.1 Å².